The van der Waals surface area contributed by atoms with Crippen LogP contribution >= 0.6 is 0 Å². The van der Waals surface area contributed by atoms with Gasteiger partial charge < -0.3 is 0 Å². The van der Waals surface area contributed by atoms with Crippen molar-refractivity contribution in [1.29, 1.82) is 0 Å². The Morgan fingerprint density at radius 1 is 0.821 bits per heavy atom. The van der Waals surface area contributed by atoms with Crippen molar-refractivity contribution in [3.63, 3.8) is 0 Å². The standard InChI is InChI=1S/C22H30N2O4/c1-21(2)6-5-7-22(3,9-21)10-24-19(27)15-11-8-12(16(15)20(24)28)14-13(11)17(25)23(4)18(14)26/h11-16H,5-10H2,1-4H3. The van der Waals surface area contributed by atoms with E-state index in [1.807, 2.05) is 0 Å². The Morgan fingerprint density at radius 3 is 1.82 bits per heavy atom. The Morgan fingerprint density at radius 2 is 1.32 bits per heavy atom. The first kappa shape index (κ1) is 18.3. The van der Waals surface area contributed by atoms with E-state index in [2.05, 4.69) is 20.8 Å². The maximum Gasteiger partial charge on any atom is 0.233 e. The number of hydrogen-bond acceptors (Lipinski definition) is 4. The van der Waals surface area contributed by atoms with E-state index < -0.39 is 0 Å². The van der Waals surface area contributed by atoms with E-state index in [4.69, 9.17) is 0 Å². The monoisotopic (exact) mass is 386 g/mol. The number of carbonyl (C=O) groups excluding carboxylic acids is 4. The van der Waals surface area contributed by atoms with Gasteiger partial charge in [0.25, 0.3) is 0 Å². The van der Waals surface area contributed by atoms with E-state index >= 15 is 0 Å². The van der Waals surface area contributed by atoms with E-state index in [9.17, 15) is 19.2 Å². The number of likely N-dealkylation sites (tertiary alicyclic amines) is 2. The molecule has 5 aliphatic rings. The summed E-state index contributed by atoms with van der Waals surface area (Å²) in [6, 6.07) is 0. The van der Waals surface area contributed by atoms with Gasteiger partial charge in [0, 0.05) is 13.6 Å². The molecule has 152 valence electrons. The lowest BCUT2D eigenvalue weighted by Crippen LogP contribution is -2.44. The van der Waals surface area contributed by atoms with E-state index in [1.54, 1.807) is 0 Å². The molecule has 0 aromatic rings. The van der Waals surface area contributed by atoms with Crippen LogP contribution < -0.4 is 0 Å². The molecule has 0 spiro atoms. The van der Waals surface area contributed by atoms with Gasteiger partial charge in [-0.1, -0.05) is 27.2 Å². The fourth-order valence-electron chi connectivity index (χ4n) is 7.78. The molecule has 7 atom stereocenters. The van der Waals surface area contributed by atoms with Crippen LogP contribution in [0.5, 0.6) is 0 Å². The molecule has 6 heteroatoms. The van der Waals surface area contributed by atoms with Gasteiger partial charge in [-0.25, -0.2) is 0 Å². The van der Waals surface area contributed by atoms with Crippen LogP contribution in [0.1, 0.15) is 52.9 Å². The second-order valence-corrected chi connectivity index (χ2v) is 11.2. The van der Waals surface area contributed by atoms with Crippen LogP contribution in [-0.4, -0.2) is 47.0 Å². The summed E-state index contributed by atoms with van der Waals surface area (Å²) in [4.78, 5) is 54.5. The largest absolute Gasteiger partial charge is 0.285 e. The smallest absolute Gasteiger partial charge is 0.233 e. The lowest BCUT2D eigenvalue weighted by Gasteiger charge is -2.44. The molecular formula is C22H30N2O4. The molecule has 3 aliphatic carbocycles. The first-order valence-electron chi connectivity index (χ1n) is 10.7. The van der Waals surface area contributed by atoms with Gasteiger partial charge in [0.15, 0.2) is 0 Å². The van der Waals surface area contributed by atoms with Gasteiger partial charge >= 0.3 is 0 Å². The van der Waals surface area contributed by atoms with Crippen LogP contribution in [0.3, 0.4) is 0 Å². The third kappa shape index (κ3) is 2.20. The molecule has 7 unspecified atom stereocenters. The molecule has 4 amide bonds. The number of rotatable bonds is 2. The molecule has 0 aromatic carbocycles. The van der Waals surface area contributed by atoms with E-state index in [0.717, 1.165) is 19.3 Å². The Bertz CT molecular complexity index is 758. The lowest BCUT2D eigenvalue weighted by atomic mass is 9.64. The van der Waals surface area contributed by atoms with Gasteiger partial charge in [-0.2, -0.15) is 0 Å². The van der Waals surface area contributed by atoms with Crippen molar-refractivity contribution in [3.8, 4) is 0 Å². The van der Waals surface area contributed by atoms with Crippen LogP contribution in [0.25, 0.3) is 0 Å². The zero-order valence-corrected chi connectivity index (χ0v) is 17.2. The van der Waals surface area contributed by atoms with Crippen LogP contribution in [0.15, 0.2) is 0 Å². The van der Waals surface area contributed by atoms with Gasteiger partial charge in [0.2, 0.25) is 23.6 Å². The molecule has 2 bridgehead atoms. The van der Waals surface area contributed by atoms with Crippen LogP contribution in [-0.2, 0) is 19.2 Å². The van der Waals surface area contributed by atoms with Crippen LogP contribution in [0.4, 0.5) is 0 Å². The van der Waals surface area contributed by atoms with Crippen molar-refractivity contribution < 1.29 is 19.2 Å². The second-order valence-electron chi connectivity index (χ2n) is 11.2. The summed E-state index contributed by atoms with van der Waals surface area (Å²) in [7, 11) is 1.53. The maximum atomic E-state index is 13.3. The fourth-order valence-corrected chi connectivity index (χ4v) is 7.78. The third-order valence-electron chi connectivity index (χ3n) is 8.58. The van der Waals surface area contributed by atoms with Gasteiger partial charge in [-0.3, -0.25) is 29.0 Å². The first-order chi connectivity index (χ1) is 13.0. The normalized spacial score (nSPS) is 46.6. The minimum atomic E-state index is -0.387. The quantitative estimate of drug-likeness (QED) is 0.681. The average Bonchev–Trinajstić information content (AvgIpc) is 3.28. The minimum absolute atomic E-state index is 0.0491. The summed E-state index contributed by atoms with van der Waals surface area (Å²) in [6.45, 7) is 7.22. The fraction of sp³-hybridized carbons (Fsp3) is 0.818. The Kier molecular flexibility index (Phi) is 3.57. The van der Waals surface area contributed by atoms with Gasteiger partial charge in [0.1, 0.15) is 0 Å². The van der Waals surface area contributed by atoms with Crippen molar-refractivity contribution in [2.75, 3.05) is 13.6 Å². The number of imide groups is 2. The molecule has 2 saturated heterocycles. The zero-order valence-electron chi connectivity index (χ0n) is 17.2. The van der Waals surface area contributed by atoms with Crippen molar-refractivity contribution in [2.45, 2.75) is 52.9 Å². The minimum Gasteiger partial charge on any atom is -0.285 e. The third-order valence-corrected chi connectivity index (χ3v) is 8.58. The summed E-state index contributed by atoms with van der Waals surface area (Å²) >= 11 is 0. The molecule has 3 saturated carbocycles. The number of amides is 4. The highest BCUT2D eigenvalue weighted by atomic mass is 16.2. The van der Waals surface area contributed by atoms with Crippen molar-refractivity contribution >= 4 is 23.6 Å². The summed E-state index contributed by atoms with van der Waals surface area (Å²) in [6.07, 6.45) is 5.01. The SMILES string of the molecule is CN1C(=O)C2C3CC(C2C1=O)C1C(=O)N(CC2(C)CCCC(C)(C)C2)C(=O)C31. The highest BCUT2D eigenvalue weighted by Crippen LogP contribution is 2.64. The predicted molar refractivity (Wildman–Crippen MR) is 100 cm³/mol. The Balaban J connectivity index is 1.42. The molecule has 2 aliphatic heterocycles. The number of carbonyl (C=O) groups is 4. The number of fused-ring (bicyclic) bond motifs is 8. The summed E-state index contributed by atoms with van der Waals surface area (Å²) < 4.78 is 0. The van der Waals surface area contributed by atoms with Crippen LogP contribution in [0.2, 0.25) is 0 Å². The van der Waals surface area contributed by atoms with Crippen LogP contribution in [0, 0.1) is 46.3 Å². The van der Waals surface area contributed by atoms with Gasteiger partial charge in [-0.05, 0) is 48.3 Å². The average molecular weight is 386 g/mol. The van der Waals surface area contributed by atoms with Crippen molar-refractivity contribution in [2.24, 2.45) is 46.3 Å². The molecule has 6 nitrogen and oxygen atoms in total. The van der Waals surface area contributed by atoms with Crippen molar-refractivity contribution in [1.82, 2.24) is 9.80 Å². The summed E-state index contributed by atoms with van der Waals surface area (Å²) in [5.41, 5.74) is 0.181. The van der Waals surface area contributed by atoms with E-state index in [0.29, 0.717) is 13.0 Å². The van der Waals surface area contributed by atoms with Gasteiger partial charge in [-0.15, -0.1) is 0 Å². The Labute approximate surface area is 166 Å². The molecule has 5 rings (SSSR count). The Hall–Kier alpha value is -1.72. The first-order valence-corrected chi connectivity index (χ1v) is 10.7. The molecule has 28 heavy (non-hydrogen) atoms. The maximum absolute atomic E-state index is 13.3. The van der Waals surface area contributed by atoms with E-state index in [-0.39, 0.29) is 70.0 Å². The van der Waals surface area contributed by atoms with E-state index in [1.165, 1.54) is 23.3 Å². The van der Waals surface area contributed by atoms with Crippen molar-refractivity contribution in [3.05, 3.63) is 0 Å². The summed E-state index contributed by atoms with van der Waals surface area (Å²) in [5, 5.41) is 0. The molecule has 2 heterocycles. The molecular weight excluding hydrogens is 356 g/mol. The molecule has 5 fully saturated rings. The molecule has 0 radical (unpaired) electrons. The molecule has 0 aromatic heterocycles. The number of nitrogens with zero attached hydrogens (tertiary/aromatic N) is 2. The highest BCUT2D eigenvalue weighted by Gasteiger charge is 2.72. The second kappa shape index (κ2) is 5.45. The topological polar surface area (TPSA) is 74.8 Å². The number of hydrogen-bond donors (Lipinski definition) is 0. The zero-order chi connectivity index (χ0) is 20.2. The predicted octanol–water partition coefficient (Wildman–Crippen LogP) is 2.07. The highest BCUT2D eigenvalue weighted by molar-refractivity contribution is 6.10. The van der Waals surface area contributed by atoms with Gasteiger partial charge in [0.05, 0.1) is 23.7 Å². The lowest BCUT2D eigenvalue weighted by molar-refractivity contribution is -0.143. The summed E-state index contributed by atoms with van der Waals surface area (Å²) in [5.74, 6) is -2.29. The molecule has 0 N–H and O–H groups in total.